The average Bonchev–Trinajstić information content (AvgIpc) is 1.68. The third-order valence-electron chi connectivity index (χ3n) is 23.3. The highest BCUT2D eigenvalue weighted by atomic mass is 15.2. The summed E-state index contributed by atoms with van der Waals surface area (Å²) in [6.45, 7) is 21.1. The van der Waals surface area contributed by atoms with Gasteiger partial charge in [0, 0.05) is 61.5 Å². The standard InChI is InChI=1S/C103H84BN3/c1-100(2,3)75-60-72(61-76(63-75)101(4,5)6)71-54-57-87-91(62-71)106(98-79(67-34-16-10-17-35-67)48-32-49-80(98)68-36-18-11-19-37-68)93-64-77(102(7,8)9)65-94-97(93)104(87)88-58-55-78(66-92(88)107(94)99-81(69-38-20-12-21-39-69)50-33-51-82(99)70-40-22-13-23-41-70)105-89-53-31-29-47-85(89)95-90(105)59-56-84-83-46-28-30-52-86(83)103(96(84)95,73-42-24-14-25-43-73)74-44-26-15-27-45-74/h10-66H,1-9H3. The van der Waals surface area contributed by atoms with E-state index in [0.717, 1.165) is 95.4 Å². The van der Waals surface area contributed by atoms with Crippen LogP contribution in [0.5, 0.6) is 0 Å². The first-order chi connectivity index (χ1) is 52.0. The maximum atomic E-state index is 2.72. The van der Waals surface area contributed by atoms with Crippen molar-refractivity contribution in [3.63, 3.8) is 0 Å². The molecule has 0 fully saturated rings. The molecule has 3 heterocycles. The molecule has 0 unspecified atom stereocenters. The second-order valence-corrected chi connectivity index (χ2v) is 32.7. The van der Waals surface area contributed by atoms with Crippen LogP contribution in [0.15, 0.2) is 346 Å². The summed E-state index contributed by atoms with van der Waals surface area (Å²) in [6, 6.07) is 132. The number of hydrogen-bond acceptors (Lipinski definition) is 2. The quantitative estimate of drug-likeness (QED) is 0.126. The molecule has 0 amide bonds. The summed E-state index contributed by atoms with van der Waals surface area (Å²) >= 11 is 0. The Morgan fingerprint density at radius 3 is 1.18 bits per heavy atom. The number of hydrogen-bond donors (Lipinski definition) is 0. The van der Waals surface area contributed by atoms with Gasteiger partial charge < -0.3 is 14.4 Å². The van der Waals surface area contributed by atoms with Crippen molar-refractivity contribution in [1.82, 2.24) is 4.57 Å². The minimum atomic E-state index is -0.632. The SMILES string of the molecule is CC(C)(C)c1cc(-c2ccc3c(c2)N(c2c(-c4ccccc4)cccc2-c2ccccc2)c2cc(C(C)(C)C)cc4c2B3c2ccc(-n3c5ccccc5c5c6c(ccc53)-c3ccccc3C6(c3ccccc3)c3ccccc3)cc2N4c2c(-c3ccccc3)cccc2-c2ccccc2)cc(C(C)(C)C)c1. The molecule has 2 aliphatic heterocycles. The molecule has 514 valence electrons. The Kier molecular flexibility index (Phi) is 15.3. The van der Waals surface area contributed by atoms with Crippen LogP contribution in [0.4, 0.5) is 34.1 Å². The van der Waals surface area contributed by atoms with Crippen LogP contribution >= 0.6 is 0 Å². The Balaban J connectivity index is 0.961. The molecule has 0 spiro atoms. The van der Waals surface area contributed by atoms with Crippen LogP contribution in [-0.4, -0.2) is 11.3 Å². The van der Waals surface area contributed by atoms with E-state index < -0.39 is 5.41 Å². The fourth-order valence-corrected chi connectivity index (χ4v) is 18.1. The maximum absolute atomic E-state index is 2.72. The van der Waals surface area contributed by atoms with E-state index in [1.54, 1.807) is 0 Å². The summed E-state index contributed by atoms with van der Waals surface area (Å²) < 4.78 is 2.59. The van der Waals surface area contributed by atoms with E-state index in [9.17, 15) is 0 Å². The Morgan fingerprint density at radius 2 is 0.692 bits per heavy atom. The maximum Gasteiger partial charge on any atom is 0.252 e. The molecule has 4 heteroatoms. The van der Waals surface area contributed by atoms with Crippen LogP contribution < -0.4 is 26.2 Å². The van der Waals surface area contributed by atoms with Crippen molar-refractivity contribution < 1.29 is 0 Å². The summed E-state index contributed by atoms with van der Waals surface area (Å²) in [6.07, 6.45) is 0. The van der Waals surface area contributed by atoms with Gasteiger partial charge in [0.15, 0.2) is 0 Å². The van der Waals surface area contributed by atoms with Crippen LogP contribution in [0.2, 0.25) is 0 Å². The van der Waals surface area contributed by atoms with E-state index in [0.29, 0.717) is 0 Å². The summed E-state index contributed by atoms with van der Waals surface area (Å²) in [5.41, 5.74) is 36.0. The minimum absolute atomic E-state index is 0.0930. The van der Waals surface area contributed by atoms with Crippen molar-refractivity contribution in [3.8, 4) is 72.4 Å². The van der Waals surface area contributed by atoms with Crippen molar-refractivity contribution >= 4 is 79.0 Å². The molecule has 0 saturated carbocycles. The van der Waals surface area contributed by atoms with Crippen molar-refractivity contribution in [2.45, 2.75) is 84.0 Å². The Morgan fingerprint density at radius 1 is 0.280 bits per heavy atom. The topological polar surface area (TPSA) is 11.4 Å². The van der Waals surface area contributed by atoms with Gasteiger partial charge in [0.2, 0.25) is 0 Å². The highest BCUT2D eigenvalue weighted by Gasteiger charge is 2.49. The van der Waals surface area contributed by atoms with Gasteiger partial charge in [0.05, 0.1) is 27.8 Å². The number of anilines is 6. The van der Waals surface area contributed by atoms with Crippen LogP contribution in [0.3, 0.4) is 0 Å². The lowest BCUT2D eigenvalue weighted by Crippen LogP contribution is -2.61. The van der Waals surface area contributed by atoms with Gasteiger partial charge in [-0.1, -0.05) is 366 Å². The Hall–Kier alpha value is -12.2. The first kappa shape index (κ1) is 65.5. The predicted octanol–water partition coefficient (Wildman–Crippen LogP) is 25.5. The molecular weight excluding hydrogens is 1290 g/mol. The zero-order valence-corrected chi connectivity index (χ0v) is 62.3. The van der Waals surface area contributed by atoms with E-state index in [4.69, 9.17) is 0 Å². The number of para-hydroxylation sites is 3. The van der Waals surface area contributed by atoms with E-state index in [2.05, 4.69) is 422 Å². The van der Waals surface area contributed by atoms with Crippen molar-refractivity contribution in [2.24, 2.45) is 0 Å². The van der Waals surface area contributed by atoms with E-state index in [-0.39, 0.29) is 23.0 Å². The van der Waals surface area contributed by atoms with Crippen LogP contribution in [0.25, 0.3) is 94.3 Å². The summed E-state index contributed by atoms with van der Waals surface area (Å²) in [5.74, 6) is 0. The highest BCUT2D eigenvalue weighted by molar-refractivity contribution is 7.00. The van der Waals surface area contributed by atoms with Crippen molar-refractivity contribution in [1.29, 1.82) is 0 Å². The number of benzene rings is 15. The second-order valence-electron chi connectivity index (χ2n) is 32.7. The molecule has 0 N–H and O–H groups in total. The molecule has 0 radical (unpaired) electrons. The molecule has 0 bridgehead atoms. The van der Waals surface area contributed by atoms with Gasteiger partial charge in [-0.15, -0.1) is 0 Å². The van der Waals surface area contributed by atoms with Crippen LogP contribution in [0, 0.1) is 0 Å². The summed E-state index contributed by atoms with van der Waals surface area (Å²) in [5, 5.41) is 2.47. The van der Waals surface area contributed by atoms with Gasteiger partial charge in [-0.05, 0) is 159 Å². The number of nitrogens with zero attached hydrogens (tertiary/aromatic N) is 3. The van der Waals surface area contributed by atoms with Gasteiger partial charge in [0.1, 0.15) is 0 Å². The average molecular weight is 1370 g/mol. The van der Waals surface area contributed by atoms with E-state index >= 15 is 0 Å². The third-order valence-corrected chi connectivity index (χ3v) is 23.3. The monoisotopic (exact) mass is 1370 g/mol. The molecule has 16 aromatic rings. The number of aromatic nitrogens is 1. The molecule has 3 aliphatic rings. The van der Waals surface area contributed by atoms with Crippen LogP contribution in [-0.2, 0) is 21.7 Å². The molecule has 0 saturated heterocycles. The summed E-state index contributed by atoms with van der Waals surface area (Å²) in [7, 11) is 0. The zero-order valence-electron chi connectivity index (χ0n) is 62.3. The lowest BCUT2D eigenvalue weighted by atomic mass is 9.33. The zero-order chi connectivity index (χ0) is 72.7. The Labute approximate surface area is 630 Å². The van der Waals surface area contributed by atoms with Crippen molar-refractivity contribution in [2.75, 3.05) is 9.80 Å². The first-order valence-corrected chi connectivity index (χ1v) is 38.0. The molecule has 1 aliphatic carbocycles. The molecule has 1 aromatic heterocycles. The molecule has 15 aromatic carbocycles. The number of rotatable bonds is 10. The van der Waals surface area contributed by atoms with Gasteiger partial charge in [-0.3, -0.25) is 0 Å². The largest absolute Gasteiger partial charge is 0.310 e. The Bertz CT molecular complexity index is 5990. The molecule has 19 rings (SSSR count). The molecular formula is C103H84BN3. The summed E-state index contributed by atoms with van der Waals surface area (Å²) in [4.78, 5) is 5.43. The fraction of sp³-hybridized carbons (Fsp3) is 0.126. The minimum Gasteiger partial charge on any atom is -0.310 e. The second kappa shape index (κ2) is 25.0. The normalized spacial score (nSPS) is 13.5. The van der Waals surface area contributed by atoms with E-state index in [1.807, 2.05) is 0 Å². The smallest absolute Gasteiger partial charge is 0.252 e. The van der Waals surface area contributed by atoms with Gasteiger partial charge >= 0.3 is 0 Å². The lowest BCUT2D eigenvalue weighted by molar-refractivity contribution is 0.569. The van der Waals surface area contributed by atoms with Gasteiger partial charge in [-0.2, -0.15) is 0 Å². The highest BCUT2D eigenvalue weighted by Crippen LogP contribution is 2.61. The van der Waals surface area contributed by atoms with Gasteiger partial charge in [0.25, 0.3) is 6.71 Å². The first-order valence-electron chi connectivity index (χ1n) is 38.0. The number of fused-ring (bicyclic) bond motifs is 11. The molecule has 3 nitrogen and oxygen atoms in total. The predicted molar refractivity (Wildman–Crippen MR) is 455 cm³/mol. The van der Waals surface area contributed by atoms with Gasteiger partial charge in [-0.25, -0.2) is 0 Å². The fourth-order valence-electron chi connectivity index (χ4n) is 18.1. The third kappa shape index (κ3) is 10.5. The van der Waals surface area contributed by atoms with E-state index in [1.165, 1.54) is 88.4 Å². The molecule has 107 heavy (non-hydrogen) atoms. The lowest BCUT2D eigenvalue weighted by Gasteiger charge is -2.46. The molecule has 0 atom stereocenters. The van der Waals surface area contributed by atoms with Crippen LogP contribution in [0.1, 0.15) is 101 Å². The van der Waals surface area contributed by atoms with Crippen molar-refractivity contribution in [3.05, 3.63) is 385 Å².